The highest BCUT2D eigenvalue weighted by Gasteiger charge is 2.47. The van der Waals surface area contributed by atoms with E-state index < -0.39 is 5.60 Å². The standard InChI is InChI=1S/C28H26N4O2/c1-4-19-8-5-6-10-22(12-19)28(26-20(16-33-28)9-7-11-29-26)24-15-31-27-23(24)13-21(14-30-27)25-17(2)32-34-18(25)3/h5-11,13-15H,4,12,16H2,1-3H3,(H,30,31). The predicted molar refractivity (Wildman–Crippen MR) is 131 cm³/mol. The van der Waals surface area contributed by atoms with Crippen molar-refractivity contribution < 1.29 is 9.26 Å². The lowest BCUT2D eigenvalue weighted by Crippen LogP contribution is -2.31. The molecule has 0 bridgehead atoms. The first kappa shape index (κ1) is 20.8. The monoisotopic (exact) mass is 450 g/mol. The van der Waals surface area contributed by atoms with Gasteiger partial charge in [-0.05, 0) is 44.4 Å². The van der Waals surface area contributed by atoms with Gasteiger partial charge >= 0.3 is 0 Å². The van der Waals surface area contributed by atoms with Gasteiger partial charge in [0.05, 0.1) is 18.0 Å². The minimum Gasteiger partial charge on any atom is -0.361 e. The fourth-order valence-electron chi connectivity index (χ4n) is 5.29. The van der Waals surface area contributed by atoms with Gasteiger partial charge in [0.15, 0.2) is 5.60 Å². The van der Waals surface area contributed by atoms with Gasteiger partial charge in [0, 0.05) is 46.2 Å². The van der Waals surface area contributed by atoms with Crippen molar-refractivity contribution in [1.29, 1.82) is 0 Å². The summed E-state index contributed by atoms with van der Waals surface area (Å²) in [7, 11) is 0. The second-order valence-corrected chi connectivity index (χ2v) is 8.93. The largest absolute Gasteiger partial charge is 0.361 e. The van der Waals surface area contributed by atoms with E-state index in [1.165, 1.54) is 11.1 Å². The van der Waals surface area contributed by atoms with E-state index in [9.17, 15) is 0 Å². The molecule has 6 rings (SSSR count). The van der Waals surface area contributed by atoms with Crippen LogP contribution >= 0.6 is 0 Å². The molecule has 2 aliphatic rings. The van der Waals surface area contributed by atoms with Crippen molar-refractivity contribution in [3.05, 3.63) is 101 Å². The highest BCUT2D eigenvalue weighted by Crippen LogP contribution is 2.50. The van der Waals surface area contributed by atoms with Gasteiger partial charge in [0.2, 0.25) is 0 Å². The number of aromatic amines is 1. The maximum atomic E-state index is 6.76. The molecule has 1 aliphatic carbocycles. The average molecular weight is 451 g/mol. The number of H-pyrrole nitrogens is 1. The molecule has 0 radical (unpaired) electrons. The average Bonchev–Trinajstić information content (AvgIpc) is 3.48. The Balaban J connectivity index is 1.61. The van der Waals surface area contributed by atoms with E-state index in [0.717, 1.165) is 63.3 Å². The minimum atomic E-state index is -0.795. The number of allylic oxidation sites excluding steroid dienone is 5. The molecule has 0 aromatic carbocycles. The maximum absolute atomic E-state index is 6.76. The van der Waals surface area contributed by atoms with Crippen LogP contribution in [-0.2, 0) is 16.9 Å². The summed E-state index contributed by atoms with van der Waals surface area (Å²) in [5.41, 5.74) is 8.46. The fraction of sp³-hybridized carbons (Fsp3) is 0.250. The Morgan fingerprint density at radius 2 is 2.03 bits per heavy atom. The summed E-state index contributed by atoms with van der Waals surface area (Å²) >= 11 is 0. The van der Waals surface area contributed by atoms with Crippen molar-refractivity contribution in [2.45, 2.75) is 45.8 Å². The first-order chi connectivity index (χ1) is 16.6. The first-order valence-corrected chi connectivity index (χ1v) is 11.7. The van der Waals surface area contributed by atoms with Crippen LogP contribution < -0.4 is 0 Å². The molecule has 1 atom stereocenters. The van der Waals surface area contributed by atoms with Crippen molar-refractivity contribution in [2.75, 3.05) is 0 Å². The van der Waals surface area contributed by atoms with Crippen molar-refractivity contribution in [3.8, 4) is 11.1 Å². The molecule has 170 valence electrons. The van der Waals surface area contributed by atoms with Gasteiger partial charge in [-0.1, -0.05) is 48.0 Å². The fourth-order valence-corrected chi connectivity index (χ4v) is 5.29. The van der Waals surface area contributed by atoms with Crippen LogP contribution in [0.5, 0.6) is 0 Å². The molecule has 1 unspecified atom stereocenters. The Labute approximate surface area is 198 Å². The van der Waals surface area contributed by atoms with Crippen LogP contribution in [0.1, 0.15) is 48.0 Å². The zero-order valence-electron chi connectivity index (χ0n) is 19.6. The number of ether oxygens (including phenoxy) is 1. The van der Waals surface area contributed by atoms with Crippen molar-refractivity contribution in [2.24, 2.45) is 0 Å². The summed E-state index contributed by atoms with van der Waals surface area (Å²) in [6.45, 7) is 6.60. The number of hydrogen-bond donors (Lipinski definition) is 1. The number of hydrogen-bond acceptors (Lipinski definition) is 5. The summed E-state index contributed by atoms with van der Waals surface area (Å²) in [6.07, 6.45) is 16.2. The van der Waals surface area contributed by atoms with Gasteiger partial charge in [-0.15, -0.1) is 0 Å². The molecule has 5 heterocycles. The molecule has 4 aromatic rings. The number of pyridine rings is 2. The second kappa shape index (κ2) is 7.92. The normalized spacial score (nSPS) is 19.7. The van der Waals surface area contributed by atoms with E-state index in [1.807, 2.05) is 38.5 Å². The van der Waals surface area contributed by atoms with Gasteiger partial charge in [-0.25, -0.2) is 4.98 Å². The highest BCUT2D eigenvalue weighted by atomic mass is 16.5. The van der Waals surface area contributed by atoms with Gasteiger partial charge in [-0.2, -0.15) is 0 Å². The zero-order valence-corrected chi connectivity index (χ0v) is 19.6. The van der Waals surface area contributed by atoms with Gasteiger partial charge in [0.1, 0.15) is 11.4 Å². The van der Waals surface area contributed by atoms with Crippen LogP contribution in [-0.4, -0.2) is 20.1 Å². The minimum absolute atomic E-state index is 0.513. The SMILES string of the molecule is CCC1=CC=CC=C(C2(c3c[nH]c4ncc(-c5c(C)noc5C)cc34)OCc3cccnc32)C1. The van der Waals surface area contributed by atoms with Crippen molar-refractivity contribution >= 4 is 11.0 Å². The Morgan fingerprint density at radius 1 is 1.15 bits per heavy atom. The molecular formula is C28H26N4O2. The molecule has 0 fully saturated rings. The Kier molecular flexibility index (Phi) is 4.85. The number of nitrogens with zero attached hydrogens (tertiary/aromatic N) is 3. The highest BCUT2D eigenvalue weighted by molar-refractivity contribution is 5.87. The van der Waals surface area contributed by atoms with E-state index in [0.29, 0.717) is 6.61 Å². The molecular weight excluding hydrogens is 424 g/mol. The topological polar surface area (TPSA) is 76.8 Å². The van der Waals surface area contributed by atoms with Crippen LogP contribution in [0.4, 0.5) is 0 Å². The summed E-state index contributed by atoms with van der Waals surface area (Å²) in [5.74, 6) is 0.781. The number of aryl methyl sites for hydroxylation is 2. The lowest BCUT2D eigenvalue weighted by Gasteiger charge is -2.32. The molecule has 34 heavy (non-hydrogen) atoms. The predicted octanol–water partition coefficient (Wildman–Crippen LogP) is 6.23. The lowest BCUT2D eigenvalue weighted by atomic mass is 9.79. The lowest BCUT2D eigenvalue weighted by molar-refractivity contribution is 0.0209. The van der Waals surface area contributed by atoms with Crippen molar-refractivity contribution in [1.82, 2.24) is 20.1 Å². The quantitative estimate of drug-likeness (QED) is 0.399. The van der Waals surface area contributed by atoms with E-state index in [4.69, 9.17) is 19.2 Å². The molecule has 4 aromatic heterocycles. The third kappa shape index (κ3) is 3.02. The number of nitrogens with one attached hydrogen (secondary N) is 1. The van der Waals surface area contributed by atoms with Crippen LogP contribution in [0.25, 0.3) is 22.2 Å². The smallest absolute Gasteiger partial charge is 0.160 e. The Morgan fingerprint density at radius 3 is 2.85 bits per heavy atom. The second-order valence-electron chi connectivity index (χ2n) is 8.93. The first-order valence-electron chi connectivity index (χ1n) is 11.7. The molecule has 0 amide bonds. The van der Waals surface area contributed by atoms with E-state index in [2.05, 4.69) is 53.5 Å². The summed E-state index contributed by atoms with van der Waals surface area (Å²) in [5, 5.41) is 5.14. The number of rotatable bonds is 4. The van der Waals surface area contributed by atoms with E-state index in [1.54, 1.807) is 0 Å². The summed E-state index contributed by atoms with van der Waals surface area (Å²) in [4.78, 5) is 13.0. The molecule has 0 saturated carbocycles. The molecule has 0 spiro atoms. The number of aromatic nitrogens is 4. The van der Waals surface area contributed by atoms with Gasteiger partial charge in [0.25, 0.3) is 0 Å². The molecule has 6 nitrogen and oxygen atoms in total. The van der Waals surface area contributed by atoms with Gasteiger partial charge in [-0.3, -0.25) is 4.98 Å². The van der Waals surface area contributed by atoms with Crippen LogP contribution in [0.2, 0.25) is 0 Å². The van der Waals surface area contributed by atoms with E-state index >= 15 is 0 Å². The van der Waals surface area contributed by atoms with Crippen LogP contribution in [0.3, 0.4) is 0 Å². The molecule has 0 saturated heterocycles. The summed E-state index contributed by atoms with van der Waals surface area (Å²) < 4.78 is 12.2. The third-order valence-corrected chi connectivity index (χ3v) is 6.97. The molecule has 1 N–H and O–H groups in total. The Bertz CT molecular complexity index is 1480. The van der Waals surface area contributed by atoms with Gasteiger partial charge < -0.3 is 14.2 Å². The van der Waals surface area contributed by atoms with Crippen LogP contribution in [0, 0.1) is 13.8 Å². The maximum Gasteiger partial charge on any atom is 0.160 e. The zero-order chi connectivity index (χ0) is 23.3. The third-order valence-electron chi connectivity index (χ3n) is 6.97. The summed E-state index contributed by atoms with van der Waals surface area (Å²) in [6, 6.07) is 6.25. The Hall–Kier alpha value is -3.77. The molecule has 1 aliphatic heterocycles. The van der Waals surface area contributed by atoms with Crippen LogP contribution in [0.15, 0.2) is 76.8 Å². The number of fused-ring (bicyclic) bond motifs is 2. The van der Waals surface area contributed by atoms with E-state index in [-0.39, 0.29) is 0 Å². The molecule has 6 heteroatoms. The van der Waals surface area contributed by atoms with Crippen molar-refractivity contribution in [3.63, 3.8) is 0 Å².